The van der Waals surface area contributed by atoms with E-state index in [1.165, 1.54) is 0 Å². The van der Waals surface area contributed by atoms with Gasteiger partial charge in [-0.2, -0.15) is 0 Å². The summed E-state index contributed by atoms with van der Waals surface area (Å²) in [5.41, 5.74) is 0. The third-order valence-electron chi connectivity index (χ3n) is 4.17. The molecule has 18 heavy (non-hydrogen) atoms. The number of amides is 2. The van der Waals surface area contributed by atoms with Crippen LogP contribution in [0.15, 0.2) is 0 Å². The second-order valence-electron chi connectivity index (χ2n) is 5.85. The average Bonchev–Trinajstić information content (AvgIpc) is 3.05. The van der Waals surface area contributed by atoms with Crippen LogP contribution >= 0.6 is 0 Å². The number of carbonyl (C=O) groups is 2. The van der Waals surface area contributed by atoms with Crippen LogP contribution in [0.1, 0.15) is 33.1 Å². The largest absolute Gasteiger partial charge is 0.481 e. The smallest absolute Gasteiger partial charge is 0.317 e. The molecule has 0 bridgehead atoms. The molecular formula is C13H22N2O3. The molecular weight excluding hydrogens is 232 g/mol. The highest BCUT2D eigenvalue weighted by Crippen LogP contribution is 2.34. The topological polar surface area (TPSA) is 69.6 Å². The molecule has 102 valence electrons. The van der Waals surface area contributed by atoms with Crippen LogP contribution in [0.4, 0.5) is 4.79 Å². The standard InChI is InChI=1S/C13H22N2O3/c1-8-6-15(7-9(8)2)13(18)14-11(5-12(16)17)10-3-4-10/h8-11H,3-7H2,1-2H3,(H,14,18)(H,16,17). The first-order valence-electron chi connectivity index (χ1n) is 6.74. The van der Waals surface area contributed by atoms with Gasteiger partial charge < -0.3 is 15.3 Å². The van der Waals surface area contributed by atoms with Crippen molar-refractivity contribution < 1.29 is 14.7 Å². The minimum Gasteiger partial charge on any atom is -0.481 e. The molecule has 2 rings (SSSR count). The molecule has 2 aliphatic rings. The predicted octanol–water partition coefficient (Wildman–Crippen LogP) is 1.54. The van der Waals surface area contributed by atoms with Crippen LogP contribution in [0.25, 0.3) is 0 Å². The number of aliphatic carboxylic acids is 1. The SMILES string of the molecule is CC1CN(C(=O)NC(CC(=O)O)C2CC2)CC1C. The van der Waals surface area contributed by atoms with Crippen molar-refractivity contribution in [3.05, 3.63) is 0 Å². The molecule has 2 fully saturated rings. The van der Waals surface area contributed by atoms with Crippen molar-refractivity contribution >= 4 is 12.0 Å². The highest BCUT2D eigenvalue weighted by atomic mass is 16.4. The fraction of sp³-hybridized carbons (Fsp3) is 0.846. The van der Waals surface area contributed by atoms with Crippen LogP contribution in [-0.4, -0.2) is 41.1 Å². The maximum atomic E-state index is 12.1. The Morgan fingerprint density at radius 2 is 1.83 bits per heavy atom. The average molecular weight is 254 g/mol. The molecule has 0 radical (unpaired) electrons. The third-order valence-corrected chi connectivity index (χ3v) is 4.17. The van der Waals surface area contributed by atoms with Crippen LogP contribution in [0, 0.1) is 17.8 Å². The lowest BCUT2D eigenvalue weighted by Crippen LogP contribution is -2.45. The Morgan fingerprint density at radius 1 is 1.28 bits per heavy atom. The fourth-order valence-corrected chi connectivity index (χ4v) is 2.57. The van der Waals surface area contributed by atoms with Crippen LogP contribution in [-0.2, 0) is 4.79 Å². The van der Waals surface area contributed by atoms with Crippen molar-refractivity contribution in [3.63, 3.8) is 0 Å². The minimum absolute atomic E-state index is 0.0371. The lowest BCUT2D eigenvalue weighted by atomic mass is 10.0. The molecule has 0 spiro atoms. The van der Waals surface area contributed by atoms with Gasteiger partial charge in [0, 0.05) is 19.1 Å². The minimum atomic E-state index is -0.838. The van der Waals surface area contributed by atoms with Crippen molar-refractivity contribution in [2.75, 3.05) is 13.1 Å². The van der Waals surface area contributed by atoms with Gasteiger partial charge in [-0.15, -0.1) is 0 Å². The second kappa shape index (κ2) is 5.16. The number of carboxylic acids is 1. The van der Waals surface area contributed by atoms with E-state index in [1.807, 2.05) is 4.90 Å². The molecule has 2 amide bonds. The maximum Gasteiger partial charge on any atom is 0.317 e. The molecule has 3 atom stereocenters. The highest BCUT2D eigenvalue weighted by Gasteiger charge is 2.36. The summed E-state index contributed by atoms with van der Waals surface area (Å²) in [5.74, 6) is 0.571. The molecule has 3 unspecified atom stereocenters. The number of nitrogens with one attached hydrogen (secondary N) is 1. The molecule has 1 saturated heterocycles. The molecule has 1 heterocycles. The predicted molar refractivity (Wildman–Crippen MR) is 67.2 cm³/mol. The van der Waals surface area contributed by atoms with Gasteiger partial charge in [0.05, 0.1) is 6.42 Å². The van der Waals surface area contributed by atoms with Crippen molar-refractivity contribution in [1.29, 1.82) is 0 Å². The summed E-state index contributed by atoms with van der Waals surface area (Å²) in [6.07, 6.45) is 2.10. The highest BCUT2D eigenvalue weighted by molar-refractivity contribution is 5.76. The Kier molecular flexibility index (Phi) is 3.78. The third kappa shape index (κ3) is 3.15. The summed E-state index contributed by atoms with van der Waals surface area (Å²) in [5, 5.41) is 11.8. The molecule has 0 aromatic rings. The number of rotatable bonds is 4. The molecule has 5 heteroatoms. The molecule has 1 aliphatic heterocycles. The summed E-state index contributed by atoms with van der Waals surface area (Å²) < 4.78 is 0. The number of carboxylic acid groups (broad SMARTS) is 1. The van der Waals surface area contributed by atoms with Crippen LogP contribution in [0.3, 0.4) is 0 Å². The number of urea groups is 1. The number of hydrogen-bond donors (Lipinski definition) is 2. The second-order valence-corrected chi connectivity index (χ2v) is 5.85. The van der Waals surface area contributed by atoms with E-state index >= 15 is 0 Å². The summed E-state index contributed by atoms with van der Waals surface area (Å²) in [6, 6.07) is -0.287. The fourth-order valence-electron chi connectivity index (χ4n) is 2.57. The van der Waals surface area contributed by atoms with Gasteiger partial charge in [-0.3, -0.25) is 4.79 Å². The van der Waals surface area contributed by atoms with Crippen molar-refractivity contribution in [3.8, 4) is 0 Å². The van der Waals surface area contributed by atoms with Crippen LogP contribution in [0.5, 0.6) is 0 Å². The zero-order valence-electron chi connectivity index (χ0n) is 11.1. The molecule has 1 aliphatic carbocycles. The van der Waals surface area contributed by atoms with Crippen molar-refractivity contribution in [2.24, 2.45) is 17.8 Å². The molecule has 0 aromatic carbocycles. The summed E-state index contributed by atoms with van der Waals surface area (Å²) in [4.78, 5) is 24.7. The van der Waals surface area contributed by atoms with E-state index in [4.69, 9.17) is 5.11 Å². The number of hydrogen-bond acceptors (Lipinski definition) is 2. The number of likely N-dealkylation sites (tertiary alicyclic amines) is 1. The molecule has 2 N–H and O–H groups in total. The Labute approximate surface area is 108 Å². The zero-order chi connectivity index (χ0) is 13.3. The van der Waals surface area contributed by atoms with E-state index in [2.05, 4.69) is 19.2 Å². The Bertz CT molecular complexity index is 331. The molecule has 0 aromatic heterocycles. The van der Waals surface area contributed by atoms with E-state index in [-0.39, 0.29) is 18.5 Å². The number of carbonyl (C=O) groups excluding carboxylic acids is 1. The van der Waals surface area contributed by atoms with E-state index in [0.29, 0.717) is 17.8 Å². The van der Waals surface area contributed by atoms with Crippen molar-refractivity contribution in [1.82, 2.24) is 10.2 Å². The molecule has 5 nitrogen and oxygen atoms in total. The molecule has 1 saturated carbocycles. The van der Waals surface area contributed by atoms with Gasteiger partial charge in [0.1, 0.15) is 0 Å². The Hall–Kier alpha value is -1.26. The first-order valence-corrected chi connectivity index (χ1v) is 6.74. The van der Waals surface area contributed by atoms with Gasteiger partial charge >= 0.3 is 12.0 Å². The van der Waals surface area contributed by atoms with E-state index in [1.54, 1.807) is 0 Å². The summed E-state index contributed by atoms with van der Waals surface area (Å²) >= 11 is 0. The van der Waals surface area contributed by atoms with E-state index in [9.17, 15) is 9.59 Å². The Morgan fingerprint density at radius 3 is 2.28 bits per heavy atom. The van der Waals surface area contributed by atoms with Gasteiger partial charge in [0.25, 0.3) is 0 Å². The van der Waals surface area contributed by atoms with Crippen molar-refractivity contribution in [2.45, 2.75) is 39.2 Å². The van der Waals surface area contributed by atoms with E-state index in [0.717, 1.165) is 25.9 Å². The zero-order valence-corrected chi connectivity index (χ0v) is 11.1. The monoisotopic (exact) mass is 254 g/mol. The quantitative estimate of drug-likeness (QED) is 0.799. The van der Waals surface area contributed by atoms with E-state index < -0.39 is 5.97 Å². The van der Waals surface area contributed by atoms with Gasteiger partial charge in [-0.25, -0.2) is 4.79 Å². The normalized spacial score (nSPS) is 29.1. The first-order chi connectivity index (χ1) is 8.47. The first kappa shape index (κ1) is 13.2. The summed E-state index contributed by atoms with van der Waals surface area (Å²) in [7, 11) is 0. The maximum absolute atomic E-state index is 12.1. The van der Waals surface area contributed by atoms with Gasteiger partial charge in [0.15, 0.2) is 0 Å². The van der Waals surface area contributed by atoms with Crippen LogP contribution in [0.2, 0.25) is 0 Å². The van der Waals surface area contributed by atoms with Crippen LogP contribution < -0.4 is 5.32 Å². The Balaban J connectivity index is 1.87. The lowest BCUT2D eigenvalue weighted by Gasteiger charge is -2.22. The van der Waals surface area contributed by atoms with Gasteiger partial charge in [-0.05, 0) is 30.6 Å². The lowest BCUT2D eigenvalue weighted by molar-refractivity contribution is -0.137. The summed E-state index contributed by atoms with van der Waals surface area (Å²) in [6.45, 7) is 5.84. The van der Waals surface area contributed by atoms with Gasteiger partial charge in [-0.1, -0.05) is 13.8 Å². The number of nitrogens with zero attached hydrogens (tertiary/aromatic N) is 1. The van der Waals surface area contributed by atoms with Gasteiger partial charge in [0.2, 0.25) is 0 Å².